The number of hydrogen-bond acceptors (Lipinski definition) is 2. The van der Waals surface area contributed by atoms with Crippen molar-refractivity contribution in [3.8, 4) is 0 Å². The Labute approximate surface area is 78.9 Å². The number of carbonyl (C=O) groups is 1. The van der Waals surface area contributed by atoms with Gasteiger partial charge in [0.25, 0.3) is 0 Å². The first kappa shape index (κ1) is 8.67. The van der Waals surface area contributed by atoms with E-state index in [9.17, 15) is 4.79 Å². The third kappa shape index (κ3) is 2.27. The average molecular weight is 261 g/mol. The zero-order chi connectivity index (χ0) is 8.27. The molecule has 0 saturated heterocycles. The molecule has 0 unspecified atom stereocenters. The number of rotatable bonds is 2. The van der Waals surface area contributed by atoms with Crippen LogP contribution in [0.3, 0.4) is 0 Å². The largest absolute Gasteiger partial charge is 0.317 e. The lowest BCUT2D eigenvalue weighted by Crippen LogP contribution is -2.15. The summed E-state index contributed by atoms with van der Waals surface area (Å²) in [4.78, 5) is 10.8. The second-order valence-electron chi connectivity index (χ2n) is 2.19. The second kappa shape index (κ2) is 3.82. The highest BCUT2D eigenvalue weighted by Crippen LogP contribution is 2.12. The van der Waals surface area contributed by atoms with Crippen LogP contribution in [0.15, 0.2) is 30.3 Å². The summed E-state index contributed by atoms with van der Waals surface area (Å²) in [6, 6.07) is 8.86. The fraction of sp³-hybridized carbons (Fsp3) is 0.125. The molecule has 0 aliphatic carbocycles. The predicted octanol–water partition coefficient (Wildman–Crippen LogP) is 1.65. The van der Waals surface area contributed by atoms with E-state index < -0.39 is 6.04 Å². The van der Waals surface area contributed by atoms with Crippen LogP contribution in [0, 0.1) is 0 Å². The Morgan fingerprint density at radius 1 is 1.36 bits per heavy atom. The van der Waals surface area contributed by atoms with Crippen molar-refractivity contribution in [2.75, 3.05) is 0 Å². The highest BCUT2D eigenvalue weighted by Gasteiger charge is 2.10. The van der Waals surface area contributed by atoms with Gasteiger partial charge < -0.3 is 5.73 Å². The summed E-state index contributed by atoms with van der Waals surface area (Å²) in [5.74, 6) is 0. The molecule has 0 aliphatic rings. The fourth-order valence-corrected chi connectivity index (χ4v) is 1.15. The van der Waals surface area contributed by atoms with Crippen LogP contribution in [0.1, 0.15) is 11.6 Å². The van der Waals surface area contributed by atoms with E-state index in [4.69, 9.17) is 5.73 Å². The van der Waals surface area contributed by atoms with Gasteiger partial charge in [0.1, 0.15) is 0 Å². The van der Waals surface area contributed by atoms with Gasteiger partial charge in [-0.15, -0.1) is 0 Å². The third-order valence-corrected chi connectivity index (χ3v) is 2.07. The Bertz CT molecular complexity index is 248. The molecular formula is C8H8INO. The van der Waals surface area contributed by atoms with Gasteiger partial charge in [-0.25, -0.2) is 0 Å². The van der Waals surface area contributed by atoms with Crippen molar-refractivity contribution in [2.24, 2.45) is 5.73 Å². The summed E-state index contributed by atoms with van der Waals surface area (Å²) in [5, 5.41) is 0. The predicted molar refractivity (Wildman–Crippen MR) is 52.4 cm³/mol. The second-order valence-corrected chi connectivity index (χ2v) is 3.26. The monoisotopic (exact) mass is 261 g/mol. The Kier molecular flexibility index (Phi) is 3.02. The van der Waals surface area contributed by atoms with E-state index in [1.165, 1.54) is 0 Å². The Balaban J connectivity index is 2.85. The normalized spacial score (nSPS) is 12.5. The molecule has 1 rings (SSSR count). The van der Waals surface area contributed by atoms with Gasteiger partial charge in [0, 0.05) is 22.6 Å². The number of benzene rings is 1. The summed E-state index contributed by atoms with van der Waals surface area (Å²) >= 11 is 1.71. The zero-order valence-electron chi connectivity index (χ0n) is 5.83. The third-order valence-electron chi connectivity index (χ3n) is 1.40. The molecule has 1 atom stereocenters. The topological polar surface area (TPSA) is 43.1 Å². The van der Waals surface area contributed by atoms with Gasteiger partial charge in [-0.05, 0) is 5.56 Å². The Morgan fingerprint density at radius 2 is 1.91 bits per heavy atom. The molecule has 2 nitrogen and oxygen atoms in total. The average Bonchev–Trinajstić information content (AvgIpc) is 2.05. The highest BCUT2D eigenvalue weighted by atomic mass is 127. The van der Waals surface area contributed by atoms with Crippen molar-refractivity contribution in [3.05, 3.63) is 35.9 Å². The molecule has 58 valence electrons. The smallest absolute Gasteiger partial charge is 0.213 e. The van der Waals surface area contributed by atoms with Gasteiger partial charge in [0.15, 0.2) is 0 Å². The summed E-state index contributed by atoms with van der Waals surface area (Å²) in [6.07, 6.45) is 0. The minimum atomic E-state index is -0.475. The molecule has 1 aromatic rings. The standard InChI is InChI=1S/C8H8INO/c9-8(11)7(10)6-4-2-1-3-5-6/h1-5,7H,10H2/t7-/m1/s1. The molecule has 0 spiro atoms. The first-order valence-corrected chi connectivity index (χ1v) is 4.29. The van der Waals surface area contributed by atoms with Gasteiger partial charge in [-0.1, -0.05) is 30.3 Å². The van der Waals surface area contributed by atoms with E-state index in [1.54, 1.807) is 22.6 Å². The molecule has 1 aromatic carbocycles. The van der Waals surface area contributed by atoms with E-state index in [0.717, 1.165) is 5.56 Å². The molecule has 0 bridgehead atoms. The van der Waals surface area contributed by atoms with Crippen LogP contribution in [-0.2, 0) is 4.79 Å². The molecule has 0 fully saturated rings. The maximum absolute atomic E-state index is 10.8. The van der Waals surface area contributed by atoms with Crippen LogP contribution in [0.2, 0.25) is 0 Å². The first-order valence-electron chi connectivity index (χ1n) is 3.21. The summed E-state index contributed by atoms with van der Waals surface area (Å²) in [7, 11) is 0. The van der Waals surface area contributed by atoms with Crippen LogP contribution >= 0.6 is 22.6 Å². The van der Waals surface area contributed by atoms with Crippen LogP contribution in [0.5, 0.6) is 0 Å². The maximum Gasteiger partial charge on any atom is 0.213 e. The van der Waals surface area contributed by atoms with Crippen LogP contribution in [0.25, 0.3) is 0 Å². The van der Waals surface area contributed by atoms with Crippen molar-refractivity contribution >= 4 is 26.4 Å². The fourth-order valence-electron chi connectivity index (χ4n) is 0.791. The highest BCUT2D eigenvalue weighted by molar-refractivity contribution is 14.1. The number of nitrogens with two attached hydrogens (primary N) is 1. The minimum absolute atomic E-state index is 0.0335. The molecule has 0 aliphatic heterocycles. The van der Waals surface area contributed by atoms with Gasteiger partial charge in [0.05, 0.1) is 6.04 Å². The van der Waals surface area contributed by atoms with Gasteiger partial charge in [-0.2, -0.15) is 0 Å². The SMILES string of the molecule is N[C@@H](C(=O)I)c1ccccc1. The molecule has 3 heteroatoms. The minimum Gasteiger partial charge on any atom is -0.317 e. The molecule has 0 saturated carbocycles. The van der Waals surface area contributed by atoms with Crippen molar-refractivity contribution < 1.29 is 4.79 Å². The maximum atomic E-state index is 10.8. The zero-order valence-corrected chi connectivity index (χ0v) is 7.99. The lowest BCUT2D eigenvalue weighted by Gasteiger charge is -2.04. The lowest BCUT2D eigenvalue weighted by atomic mass is 10.1. The quantitative estimate of drug-likeness (QED) is 0.649. The summed E-state index contributed by atoms with van der Waals surface area (Å²) in [6.45, 7) is 0. The molecule has 0 amide bonds. The molecule has 0 heterocycles. The van der Waals surface area contributed by atoms with E-state index in [0.29, 0.717) is 0 Å². The van der Waals surface area contributed by atoms with Gasteiger partial charge in [-0.3, -0.25) is 4.79 Å². The molecule has 11 heavy (non-hydrogen) atoms. The van der Waals surface area contributed by atoms with E-state index in [2.05, 4.69) is 0 Å². The van der Waals surface area contributed by atoms with Crippen LogP contribution in [-0.4, -0.2) is 3.79 Å². The lowest BCUT2D eigenvalue weighted by molar-refractivity contribution is -0.110. The Morgan fingerprint density at radius 3 is 2.36 bits per heavy atom. The van der Waals surface area contributed by atoms with Crippen LogP contribution < -0.4 is 5.73 Å². The van der Waals surface area contributed by atoms with Crippen molar-refractivity contribution in [3.63, 3.8) is 0 Å². The molecular weight excluding hydrogens is 253 g/mol. The van der Waals surface area contributed by atoms with E-state index in [-0.39, 0.29) is 3.79 Å². The van der Waals surface area contributed by atoms with Crippen molar-refractivity contribution in [2.45, 2.75) is 6.04 Å². The summed E-state index contributed by atoms with van der Waals surface area (Å²) in [5.41, 5.74) is 6.45. The van der Waals surface area contributed by atoms with E-state index in [1.807, 2.05) is 30.3 Å². The van der Waals surface area contributed by atoms with E-state index >= 15 is 0 Å². The first-order chi connectivity index (χ1) is 5.22. The number of halogens is 1. The van der Waals surface area contributed by atoms with Gasteiger partial charge >= 0.3 is 0 Å². The Hall–Kier alpha value is -0.420. The summed E-state index contributed by atoms with van der Waals surface area (Å²) < 4.78 is -0.0335. The van der Waals surface area contributed by atoms with Crippen molar-refractivity contribution in [1.29, 1.82) is 0 Å². The van der Waals surface area contributed by atoms with Crippen molar-refractivity contribution in [1.82, 2.24) is 0 Å². The number of hydrogen-bond donors (Lipinski definition) is 1. The molecule has 2 N–H and O–H groups in total. The number of carbonyl (C=O) groups excluding carboxylic acids is 1. The van der Waals surface area contributed by atoms with Gasteiger partial charge in [0.2, 0.25) is 3.79 Å². The molecule has 0 radical (unpaired) electrons. The molecule has 0 aromatic heterocycles. The van der Waals surface area contributed by atoms with Crippen LogP contribution in [0.4, 0.5) is 0 Å².